The van der Waals surface area contributed by atoms with Crippen LogP contribution in [0.4, 0.5) is 5.69 Å². The maximum atomic E-state index is 11.9. The average Bonchev–Trinajstić information content (AvgIpc) is 3.28. The van der Waals surface area contributed by atoms with E-state index < -0.39 is 0 Å². The summed E-state index contributed by atoms with van der Waals surface area (Å²) < 4.78 is 7.30. The minimum atomic E-state index is -0.336. The normalized spacial score (nSPS) is 11.2. The van der Waals surface area contributed by atoms with E-state index >= 15 is 0 Å². The first-order valence-corrected chi connectivity index (χ1v) is 13.9. The number of methoxy groups -OCH3 is 1. The minimum absolute atomic E-state index is 0.00929. The van der Waals surface area contributed by atoms with E-state index in [1.165, 1.54) is 29.5 Å². The smallest absolute Gasteiger partial charge is 0.337 e. The monoisotopic (exact) mass is 551 g/mol. The van der Waals surface area contributed by atoms with Crippen molar-refractivity contribution in [3.05, 3.63) is 136 Å². The Kier molecular flexibility index (Phi) is 8.54. The van der Waals surface area contributed by atoms with Crippen molar-refractivity contribution in [1.82, 2.24) is 4.57 Å². The number of esters is 1. The fraction of sp³-hybridized carbons (Fsp3) is 0.206. The molecule has 0 atom stereocenters. The number of ether oxygens (including phenoxy) is 1. The van der Waals surface area contributed by atoms with Crippen molar-refractivity contribution in [3.8, 4) is 0 Å². The number of nitrogens with two attached hydrogens (primary N) is 1. The van der Waals surface area contributed by atoms with Gasteiger partial charge in [0.25, 0.3) is 0 Å². The van der Waals surface area contributed by atoms with Gasteiger partial charge in [-0.25, -0.2) is 4.79 Å². The van der Waals surface area contributed by atoms with Crippen LogP contribution in [0.1, 0.15) is 38.8 Å². The van der Waals surface area contributed by atoms with Crippen molar-refractivity contribution >= 4 is 34.2 Å². The zero-order valence-electron chi connectivity index (χ0n) is 22.9. The summed E-state index contributed by atoms with van der Waals surface area (Å²) in [6, 6.07) is 34.9. The van der Waals surface area contributed by atoms with E-state index in [2.05, 4.69) is 89.3 Å². The van der Waals surface area contributed by atoms with Crippen LogP contribution in [0.25, 0.3) is 10.9 Å². The summed E-state index contributed by atoms with van der Waals surface area (Å²) in [5.41, 5.74) is 13.9. The van der Waals surface area contributed by atoms with Gasteiger partial charge >= 0.3 is 5.97 Å². The second kappa shape index (κ2) is 12.4. The van der Waals surface area contributed by atoms with Gasteiger partial charge < -0.3 is 19.9 Å². The molecule has 0 fully saturated rings. The van der Waals surface area contributed by atoms with Crippen LogP contribution in [-0.2, 0) is 17.6 Å². The van der Waals surface area contributed by atoms with Crippen LogP contribution in [0, 0.1) is 0 Å². The summed E-state index contributed by atoms with van der Waals surface area (Å²) in [4.78, 5) is 14.1. The number of hydrogen-bond acceptors (Lipinski definition) is 4. The van der Waals surface area contributed by atoms with Gasteiger partial charge in [0, 0.05) is 47.3 Å². The first-order chi connectivity index (χ1) is 19.5. The van der Waals surface area contributed by atoms with E-state index in [4.69, 9.17) is 22.1 Å². The Morgan fingerprint density at radius 2 is 1.52 bits per heavy atom. The molecular weight excluding hydrogens is 518 g/mol. The second-order valence-corrected chi connectivity index (χ2v) is 10.4. The Labute approximate surface area is 240 Å². The highest BCUT2D eigenvalue weighted by Gasteiger charge is 2.25. The highest BCUT2D eigenvalue weighted by molar-refractivity contribution is 6.31. The standard InChI is InChI=1S/C34H34ClN3O2/c1-37(28-16-13-26(14-17-28)34(39)40-2)22-20-29-30-23-27(35)15-18-31(30)38(32(29)19-21-36)33(24-9-5-3-6-10-24)25-11-7-4-8-12-25/h3-18,23,33H,19-22,36H2,1-2H3. The maximum absolute atomic E-state index is 11.9. The van der Waals surface area contributed by atoms with Crippen LogP contribution in [0.3, 0.4) is 0 Å². The summed E-state index contributed by atoms with van der Waals surface area (Å²) >= 11 is 6.57. The highest BCUT2D eigenvalue weighted by atomic mass is 35.5. The minimum Gasteiger partial charge on any atom is -0.465 e. The van der Waals surface area contributed by atoms with Gasteiger partial charge in [0.15, 0.2) is 0 Å². The molecule has 4 aromatic carbocycles. The molecule has 1 heterocycles. The van der Waals surface area contributed by atoms with E-state index in [0.29, 0.717) is 17.1 Å². The number of likely N-dealkylation sites (N-methyl/N-ethyl adjacent to an activating group) is 1. The Morgan fingerprint density at radius 1 is 0.900 bits per heavy atom. The molecule has 6 heteroatoms. The molecule has 0 spiro atoms. The van der Waals surface area contributed by atoms with Gasteiger partial charge in [-0.05, 0) is 72.1 Å². The molecule has 0 aliphatic carbocycles. The van der Waals surface area contributed by atoms with Gasteiger partial charge in [-0.15, -0.1) is 0 Å². The first kappa shape index (κ1) is 27.5. The van der Waals surface area contributed by atoms with Crippen molar-refractivity contribution in [2.45, 2.75) is 18.9 Å². The predicted molar refractivity (Wildman–Crippen MR) is 165 cm³/mol. The first-order valence-electron chi connectivity index (χ1n) is 13.5. The lowest BCUT2D eigenvalue weighted by Crippen LogP contribution is -2.22. The van der Waals surface area contributed by atoms with Crippen molar-refractivity contribution in [2.24, 2.45) is 5.73 Å². The van der Waals surface area contributed by atoms with Gasteiger partial charge in [-0.1, -0.05) is 72.3 Å². The van der Waals surface area contributed by atoms with Crippen LogP contribution >= 0.6 is 11.6 Å². The second-order valence-electron chi connectivity index (χ2n) is 9.93. The van der Waals surface area contributed by atoms with Crippen molar-refractivity contribution in [3.63, 3.8) is 0 Å². The fourth-order valence-corrected chi connectivity index (χ4v) is 5.70. The predicted octanol–water partition coefficient (Wildman–Crippen LogP) is 6.90. The molecular formula is C34H34ClN3O2. The zero-order valence-corrected chi connectivity index (χ0v) is 23.6. The SMILES string of the molecule is COC(=O)c1ccc(N(C)CCc2c(CCN)n(C(c3ccccc3)c3ccccc3)c3ccc(Cl)cc23)cc1. The van der Waals surface area contributed by atoms with Crippen molar-refractivity contribution in [1.29, 1.82) is 0 Å². The molecule has 0 aliphatic rings. The Bertz CT molecular complexity index is 1540. The van der Waals surface area contributed by atoms with Crippen molar-refractivity contribution in [2.75, 3.05) is 32.1 Å². The van der Waals surface area contributed by atoms with E-state index in [0.717, 1.165) is 36.0 Å². The molecule has 40 heavy (non-hydrogen) atoms. The van der Waals surface area contributed by atoms with Gasteiger partial charge in [0.05, 0.1) is 18.7 Å². The van der Waals surface area contributed by atoms with Crippen LogP contribution in [0.15, 0.2) is 103 Å². The molecule has 5 nitrogen and oxygen atoms in total. The molecule has 0 aliphatic heterocycles. The maximum Gasteiger partial charge on any atom is 0.337 e. The molecule has 0 saturated heterocycles. The summed E-state index contributed by atoms with van der Waals surface area (Å²) in [6.45, 7) is 1.32. The topological polar surface area (TPSA) is 60.5 Å². The fourth-order valence-electron chi connectivity index (χ4n) is 5.53. The van der Waals surface area contributed by atoms with Gasteiger partial charge in [0.1, 0.15) is 0 Å². The van der Waals surface area contributed by atoms with E-state index in [9.17, 15) is 4.79 Å². The van der Waals surface area contributed by atoms with Crippen LogP contribution in [0.5, 0.6) is 0 Å². The molecule has 0 radical (unpaired) electrons. The Balaban J connectivity index is 1.59. The molecule has 204 valence electrons. The number of halogens is 1. The average molecular weight is 552 g/mol. The summed E-state index contributed by atoms with van der Waals surface area (Å²) in [5.74, 6) is -0.336. The number of benzene rings is 4. The Morgan fingerprint density at radius 3 is 2.10 bits per heavy atom. The van der Waals surface area contributed by atoms with E-state index in [-0.39, 0.29) is 12.0 Å². The molecule has 1 aromatic heterocycles. The number of nitrogens with zero attached hydrogens (tertiary/aromatic N) is 2. The van der Waals surface area contributed by atoms with Crippen LogP contribution in [-0.4, -0.2) is 37.8 Å². The van der Waals surface area contributed by atoms with E-state index in [1.807, 2.05) is 18.2 Å². The largest absolute Gasteiger partial charge is 0.465 e. The number of carbonyl (C=O) groups is 1. The molecule has 2 N–H and O–H groups in total. The zero-order chi connectivity index (χ0) is 28.1. The summed E-state index contributed by atoms with van der Waals surface area (Å²) in [7, 11) is 3.46. The van der Waals surface area contributed by atoms with Crippen LogP contribution in [0.2, 0.25) is 5.02 Å². The third-order valence-corrected chi connectivity index (χ3v) is 7.71. The lowest BCUT2D eigenvalue weighted by molar-refractivity contribution is 0.0600. The number of fused-ring (bicyclic) bond motifs is 1. The molecule has 5 aromatic rings. The number of aromatic nitrogens is 1. The molecule has 0 bridgehead atoms. The van der Waals surface area contributed by atoms with Gasteiger partial charge in [0.2, 0.25) is 0 Å². The quantitative estimate of drug-likeness (QED) is 0.192. The lowest BCUT2D eigenvalue weighted by atomic mass is 9.97. The van der Waals surface area contributed by atoms with Gasteiger partial charge in [-0.2, -0.15) is 0 Å². The van der Waals surface area contributed by atoms with E-state index in [1.54, 1.807) is 12.1 Å². The van der Waals surface area contributed by atoms with Crippen molar-refractivity contribution < 1.29 is 9.53 Å². The molecule has 0 amide bonds. The Hall–Kier alpha value is -4.06. The number of carbonyl (C=O) groups excluding carboxylic acids is 1. The molecule has 0 saturated carbocycles. The lowest BCUT2D eigenvalue weighted by Gasteiger charge is -2.25. The van der Waals surface area contributed by atoms with Crippen LogP contribution < -0.4 is 10.6 Å². The summed E-state index contributed by atoms with van der Waals surface area (Å²) in [5, 5.41) is 1.87. The summed E-state index contributed by atoms with van der Waals surface area (Å²) in [6.07, 6.45) is 1.56. The number of anilines is 1. The number of hydrogen-bond donors (Lipinski definition) is 1. The molecule has 5 rings (SSSR count). The molecule has 0 unspecified atom stereocenters. The highest BCUT2D eigenvalue weighted by Crippen LogP contribution is 2.37. The third-order valence-electron chi connectivity index (χ3n) is 7.48. The number of rotatable bonds is 10. The van der Waals surface area contributed by atoms with Gasteiger partial charge in [-0.3, -0.25) is 0 Å². The third kappa shape index (κ3) is 5.62.